The largest absolute Gasteiger partial charge is 0.494 e. The highest BCUT2D eigenvalue weighted by Gasteiger charge is 2.35. The minimum atomic E-state index is -0.726. The number of carbonyl (C=O) groups excluding carboxylic acids is 2. The molecule has 1 atom stereocenters. The second-order valence-corrected chi connectivity index (χ2v) is 8.23. The van der Waals surface area contributed by atoms with Crippen molar-refractivity contribution in [3.63, 3.8) is 0 Å². The number of unbranched alkanes of at least 4 members (excludes halogenated alkanes) is 1. The number of esters is 1. The first-order valence-electron chi connectivity index (χ1n) is 11.9. The Balaban J connectivity index is 1.80. The van der Waals surface area contributed by atoms with Crippen LogP contribution in [-0.4, -0.2) is 35.0 Å². The van der Waals surface area contributed by atoms with Gasteiger partial charge in [-0.25, -0.2) is 14.3 Å². The van der Waals surface area contributed by atoms with E-state index in [2.05, 4.69) is 17.6 Å². The molecule has 0 spiro atoms. The Morgan fingerprint density at radius 1 is 1.09 bits per heavy atom. The van der Waals surface area contributed by atoms with Crippen LogP contribution in [-0.2, 0) is 9.53 Å². The molecule has 35 heavy (non-hydrogen) atoms. The van der Waals surface area contributed by atoms with E-state index in [-0.39, 0.29) is 6.61 Å². The number of hydrogen-bond acceptors (Lipinski definition) is 5. The molecule has 2 aromatic carbocycles. The number of nitrogens with zero attached hydrogens (tertiary/aromatic N) is 2. The van der Waals surface area contributed by atoms with E-state index in [0.717, 1.165) is 29.8 Å². The summed E-state index contributed by atoms with van der Waals surface area (Å²) in [6.07, 6.45) is 3.90. The van der Waals surface area contributed by atoms with Crippen molar-refractivity contribution in [2.75, 3.05) is 13.2 Å². The van der Waals surface area contributed by atoms with Gasteiger partial charge < -0.3 is 20.1 Å². The number of benzene rings is 2. The maximum Gasteiger partial charge on any atom is 0.338 e. The van der Waals surface area contributed by atoms with Gasteiger partial charge in [0.05, 0.1) is 36.2 Å². The van der Waals surface area contributed by atoms with Gasteiger partial charge in [-0.1, -0.05) is 31.5 Å². The minimum Gasteiger partial charge on any atom is -0.494 e. The van der Waals surface area contributed by atoms with Crippen LogP contribution in [0, 0.1) is 0 Å². The van der Waals surface area contributed by atoms with Crippen molar-refractivity contribution < 1.29 is 19.1 Å². The summed E-state index contributed by atoms with van der Waals surface area (Å²) in [4.78, 5) is 25.3. The fourth-order valence-corrected chi connectivity index (χ4v) is 3.99. The number of urea groups is 1. The minimum absolute atomic E-state index is 0.228. The van der Waals surface area contributed by atoms with Crippen molar-refractivity contribution >= 4 is 12.0 Å². The van der Waals surface area contributed by atoms with E-state index >= 15 is 0 Å². The summed E-state index contributed by atoms with van der Waals surface area (Å²) in [6.45, 7) is 6.46. The Bertz CT molecular complexity index is 1220. The van der Waals surface area contributed by atoms with Gasteiger partial charge in [-0.15, -0.1) is 0 Å². The van der Waals surface area contributed by atoms with Gasteiger partial charge in [-0.3, -0.25) is 0 Å². The lowest BCUT2D eigenvalue weighted by Gasteiger charge is -2.27. The zero-order chi connectivity index (χ0) is 24.8. The highest BCUT2D eigenvalue weighted by molar-refractivity contribution is 5.95. The van der Waals surface area contributed by atoms with Crippen molar-refractivity contribution in [2.24, 2.45) is 0 Å². The SMILES string of the molecule is CCCCOc1ccc(-c2nn(-c3ccccc3)cc2C2NC(=O)NC(C)=C2C(=O)OCC)cc1. The lowest BCUT2D eigenvalue weighted by molar-refractivity contribution is -0.139. The van der Waals surface area contributed by atoms with Crippen LogP contribution in [0.4, 0.5) is 4.79 Å². The molecule has 4 rings (SSSR count). The standard InChI is InChI=1S/C27H30N4O4/c1-4-6-16-35-21-14-12-19(13-15-21)24-22(17-31(30-24)20-10-8-7-9-11-20)25-23(26(32)34-5-2)18(3)28-27(33)29-25/h7-15,17,25H,4-6,16H2,1-3H3,(H2,28,29,33). The van der Waals surface area contributed by atoms with E-state index in [0.29, 0.717) is 29.1 Å². The first kappa shape index (κ1) is 24.1. The van der Waals surface area contributed by atoms with Crippen LogP contribution in [0.1, 0.15) is 45.2 Å². The summed E-state index contributed by atoms with van der Waals surface area (Å²) in [5.41, 5.74) is 3.83. The third-order valence-electron chi connectivity index (χ3n) is 5.73. The van der Waals surface area contributed by atoms with Gasteiger partial charge in [0.25, 0.3) is 0 Å². The molecule has 8 nitrogen and oxygen atoms in total. The van der Waals surface area contributed by atoms with Crippen LogP contribution in [0.2, 0.25) is 0 Å². The van der Waals surface area contributed by atoms with Crippen LogP contribution in [0.3, 0.4) is 0 Å². The number of carbonyl (C=O) groups is 2. The van der Waals surface area contributed by atoms with Gasteiger partial charge in [-0.05, 0) is 56.7 Å². The van der Waals surface area contributed by atoms with Crippen LogP contribution >= 0.6 is 0 Å². The summed E-state index contributed by atoms with van der Waals surface area (Å²) in [5, 5.41) is 10.4. The molecule has 2 heterocycles. The summed E-state index contributed by atoms with van der Waals surface area (Å²) in [5.74, 6) is 0.296. The first-order valence-corrected chi connectivity index (χ1v) is 11.9. The van der Waals surface area contributed by atoms with Crippen molar-refractivity contribution in [3.8, 4) is 22.7 Å². The van der Waals surface area contributed by atoms with Gasteiger partial charge in [0, 0.05) is 23.0 Å². The molecule has 2 amide bonds. The molecule has 0 bridgehead atoms. The monoisotopic (exact) mass is 474 g/mol. The van der Waals surface area contributed by atoms with Crippen LogP contribution in [0.5, 0.6) is 5.75 Å². The molecule has 1 aliphatic heterocycles. The lowest BCUT2D eigenvalue weighted by Crippen LogP contribution is -2.45. The average molecular weight is 475 g/mol. The van der Waals surface area contributed by atoms with Crippen molar-refractivity contribution in [2.45, 2.75) is 39.7 Å². The van der Waals surface area contributed by atoms with Crippen LogP contribution in [0.15, 0.2) is 72.1 Å². The summed E-state index contributed by atoms with van der Waals surface area (Å²) < 4.78 is 12.9. The first-order chi connectivity index (χ1) is 17.0. The van der Waals surface area contributed by atoms with Gasteiger partial charge in [0.1, 0.15) is 5.75 Å². The molecular formula is C27H30N4O4. The average Bonchev–Trinajstić information content (AvgIpc) is 3.30. The number of allylic oxidation sites excluding steroid dienone is 1. The van der Waals surface area contributed by atoms with Crippen LogP contribution < -0.4 is 15.4 Å². The Kier molecular flexibility index (Phi) is 7.50. The van der Waals surface area contributed by atoms with E-state index in [1.807, 2.05) is 60.8 Å². The molecule has 1 aliphatic rings. The van der Waals surface area contributed by atoms with Crippen molar-refractivity contribution in [3.05, 3.63) is 77.6 Å². The van der Waals surface area contributed by atoms with E-state index in [4.69, 9.17) is 14.6 Å². The predicted octanol–water partition coefficient (Wildman–Crippen LogP) is 4.91. The number of hydrogen-bond donors (Lipinski definition) is 2. The number of rotatable bonds is 9. The maximum atomic E-state index is 12.9. The highest BCUT2D eigenvalue weighted by Crippen LogP contribution is 2.35. The third kappa shape index (κ3) is 5.37. The Labute approximate surface area is 204 Å². The molecular weight excluding hydrogens is 444 g/mol. The normalized spacial score (nSPS) is 15.4. The Hall–Kier alpha value is -4.07. The summed E-state index contributed by atoms with van der Waals surface area (Å²) >= 11 is 0. The molecule has 0 saturated heterocycles. The number of nitrogens with one attached hydrogen (secondary N) is 2. The third-order valence-corrected chi connectivity index (χ3v) is 5.73. The molecule has 8 heteroatoms. The maximum absolute atomic E-state index is 12.9. The fraction of sp³-hybridized carbons (Fsp3) is 0.296. The molecule has 0 fully saturated rings. The lowest BCUT2D eigenvalue weighted by atomic mass is 9.94. The zero-order valence-electron chi connectivity index (χ0n) is 20.2. The van der Waals surface area contributed by atoms with Gasteiger partial charge >= 0.3 is 12.0 Å². The van der Waals surface area contributed by atoms with Crippen molar-refractivity contribution in [1.29, 1.82) is 0 Å². The van der Waals surface area contributed by atoms with Crippen LogP contribution in [0.25, 0.3) is 16.9 Å². The second-order valence-electron chi connectivity index (χ2n) is 8.23. The number of ether oxygens (including phenoxy) is 2. The predicted molar refractivity (Wildman–Crippen MR) is 133 cm³/mol. The molecule has 0 aliphatic carbocycles. The Morgan fingerprint density at radius 3 is 2.51 bits per heavy atom. The van der Waals surface area contributed by atoms with E-state index in [1.165, 1.54) is 0 Å². The quantitative estimate of drug-likeness (QED) is 0.339. The van der Waals surface area contributed by atoms with E-state index in [1.54, 1.807) is 18.5 Å². The van der Waals surface area contributed by atoms with Crippen molar-refractivity contribution in [1.82, 2.24) is 20.4 Å². The van der Waals surface area contributed by atoms with Gasteiger partial charge in [-0.2, -0.15) is 5.10 Å². The fourth-order valence-electron chi connectivity index (χ4n) is 3.99. The summed E-state index contributed by atoms with van der Waals surface area (Å²) in [7, 11) is 0. The van der Waals surface area contributed by atoms with Gasteiger partial charge in [0.2, 0.25) is 0 Å². The molecule has 3 aromatic rings. The zero-order valence-corrected chi connectivity index (χ0v) is 20.2. The number of aromatic nitrogens is 2. The smallest absolute Gasteiger partial charge is 0.338 e. The number of amides is 2. The molecule has 182 valence electrons. The van der Waals surface area contributed by atoms with Gasteiger partial charge in [0.15, 0.2) is 0 Å². The molecule has 1 aromatic heterocycles. The Morgan fingerprint density at radius 2 is 1.83 bits per heavy atom. The highest BCUT2D eigenvalue weighted by atomic mass is 16.5. The molecule has 1 unspecified atom stereocenters. The second kappa shape index (κ2) is 10.9. The topological polar surface area (TPSA) is 94.5 Å². The molecule has 0 saturated carbocycles. The molecule has 0 radical (unpaired) electrons. The molecule has 2 N–H and O–H groups in total. The summed E-state index contributed by atoms with van der Waals surface area (Å²) in [6, 6.07) is 16.3. The van der Waals surface area contributed by atoms with E-state index < -0.39 is 18.0 Å². The number of para-hydroxylation sites is 1. The van der Waals surface area contributed by atoms with E-state index in [9.17, 15) is 9.59 Å².